The predicted molar refractivity (Wildman–Crippen MR) is 58.8 cm³/mol. The molecule has 0 saturated heterocycles. The Morgan fingerprint density at radius 2 is 2.17 bits per heavy atom. The van der Waals surface area contributed by atoms with Gasteiger partial charge in [0.15, 0.2) is 0 Å². The second-order valence-corrected chi connectivity index (χ2v) is 3.57. The number of rotatable bonds is 3. The highest BCUT2D eigenvalue weighted by molar-refractivity contribution is 5.51. The minimum absolute atomic E-state index is 0.105. The fourth-order valence-electron chi connectivity index (χ4n) is 1.46. The van der Waals surface area contributed by atoms with E-state index in [0.29, 0.717) is 0 Å². The second-order valence-electron chi connectivity index (χ2n) is 3.57. The van der Waals surface area contributed by atoms with Gasteiger partial charge in [0.05, 0.1) is 11.5 Å². The van der Waals surface area contributed by atoms with Crippen molar-refractivity contribution in [2.45, 2.75) is 6.54 Å². The first-order valence-corrected chi connectivity index (χ1v) is 4.88. The van der Waals surface area contributed by atoms with Gasteiger partial charge in [-0.2, -0.15) is 5.10 Å². The predicted octanol–water partition coefficient (Wildman–Crippen LogP) is 1.70. The summed E-state index contributed by atoms with van der Waals surface area (Å²) in [6.07, 6.45) is 0.983. The fourth-order valence-corrected chi connectivity index (χ4v) is 1.46. The summed E-state index contributed by atoms with van der Waals surface area (Å²) in [4.78, 5) is 9.87. The van der Waals surface area contributed by atoms with Gasteiger partial charge in [-0.05, 0) is 6.07 Å². The maximum atomic E-state index is 13.4. The number of nitrogens with zero attached hydrogens (tertiary/aromatic N) is 3. The topological polar surface area (TPSA) is 87.0 Å². The van der Waals surface area contributed by atoms with Crippen LogP contribution in [0.4, 0.5) is 20.3 Å². The third-order valence-electron chi connectivity index (χ3n) is 2.39. The molecule has 0 unspecified atom stereocenters. The number of anilines is 1. The summed E-state index contributed by atoms with van der Waals surface area (Å²) >= 11 is 0. The van der Waals surface area contributed by atoms with Gasteiger partial charge in [0.25, 0.3) is 0 Å². The Labute approximate surface area is 99.8 Å². The average Bonchev–Trinajstić information content (AvgIpc) is 2.64. The smallest absolute Gasteiger partial charge is 0.330 e. The zero-order chi connectivity index (χ0) is 13.3. The number of nitrogen functional groups attached to an aromatic ring is 1. The van der Waals surface area contributed by atoms with Gasteiger partial charge >= 0.3 is 5.69 Å². The van der Waals surface area contributed by atoms with Gasteiger partial charge in [-0.1, -0.05) is 6.07 Å². The van der Waals surface area contributed by atoms with Crippen LogP contribution in [0.2, 0.25) is 0 Å². The van der Waals surface area contributed by atoms with Crippen LogP contribution in [0.15, 0.2) is 24.4 Å². The highest BCUT2D eigenvalue weighted by Gasteiger charge is 2.18. The Bertz CT molecular complexity index is 612. The van der Waals surface area contributed by atoms with Crippen LogP contribution in [-0.4, -0.2) is 14.7 Å². The van der Waals surface area contributed by atoms with E-state index in [-0.39, 0.29) is 23.6 Å². The lowest BCUT2D eigenvalue weighted by atomic mass is 10.2. The van der Waals surface area contributed by atoms with E-state index in [1.54, 1.807) is 0 Å². The highest BCUT2D eigenvalue weighted by Crippen LogP contribution is 2.21. The van der Waals surface area contributed by atoms with Gasteiger partial charge in [-0.15, -0.1) is 0 Å². The van der Waals surface area contributed by atoms with Crippen LogP contribution in [-0.2, 0) is 6.54 Å². The van der Waals surface area contributed by atoms with Crippen molar-refractivity contribution in [2.75, 3.05) is 5.73 Å². The molecular weight excluding hydrogens is 246 g/mol. The molecule has 6 nitrogen and oxygen atoms in total. The van der Waals surface area contributed by atoms with Crippen LogP contribution in [0.1, 0.15) is 5.56 Å². The molecule has 0 aliphatic carbocycles. The molecule has 0 fully saturated rings. The van der Waals surface area contributed by atoms with Gasteiger partial charge in [0.1, 0.15) is 17.8 Å². The molecule has 1 aromatic heterocycles. The molecule has 0 aliphatic rings. The lowest BCUT2D eigenvalue weighted by Crippen LogP contribution is -2.08. The normalized spacial score (nSPS) is 10.6. The van der Waals surface area contributed by atoms with Crippen LogP contribution in [0.5, 0.6) is 0 Å². The van der Waals surface area contributed by atoms with Crippen LogP contribution >= 0.6 is 0 Å². The molecule has 2 rings (SSSR count). The first-order chi connectivity index (χ1) is 8.49. The van der Waals surface area contributed by atoms with Gasteiger partial charge in [-0.3, -0.25) is 10.1 Å². The van der Waals surface area contributed by atoms with E-state index in [1.165, 1.54) is 6.07 Å². The van der Waals surface area contributed by atoms with E-state index >= 15 is 0 Å². The third-order valence-corrected chi connectivity index (χ3v) is 2.39. The van der Waals surface area contributed by atoms with E-state index in [4.69, 9.17) is 5.73 Å². The van der Waals surface area contributed by atoms with Crippen molar-refractivity contribution in [2.24, 2.45) is 0 Å². The number of nitro groups is 1. The van der Waals surface area contributed by atoms with Gasteiger partial charge < -0.3 is 5.73 Å². The molecule has 1 aromatic carbocycles. The van der Waals surface area contributed by atoms with Crippen molar-refractivity contribution >= 4 is 11.5 Å². The van der Waals surface area contributed by atoms with E-state index in [1.807, 2.05) is 0 Å². The summed E-state index contributed by atoms with van der Waals surface area (Å²) in [5.74, 6) is -1.63. The standard InChI is InChI=1S/C10H8F2N4O2/c11-7-2-1-6(8(12)3-7)5-15-10(13)9(4-14-15)16(17)18/h1-4H,5,13H2. The zero-order valence-electron chi connectivity index (χ0n) is 9.01. The van der Waals surface area contributed by atoms with Gasteiger partial charge in [0, 0.05) is 11.6 Å². The minimum Gasteiger partial charge on any atom is -0.378 e. The van der Waals surface area contributed by atoms with Crippen LogP contribution in [0.25, 0.3) is 0 Å². The number of aromatic nitrogens is 2. The monoisotopic (exact) mass is 254 g/mol. The fraction of sp³-hybridized carbons (Fsp3) is 0.100. The van der Waals surface area contributed by atoms with Gasteiger partial charge in [0.2, 0.25) is 5.82 Å². The molecule has 0 atom stereocenters. The average molecular weight is 254 g/mol. The van der Waals surface area contributed by atoms with Crippen LogP contribution < -0.4 is 5.73 Å². The second kappa shape index (κ2) is 4.40. The number of halogens is 2. The molecule has 2 aromatic rings. The van der Waals surface area contributed by atoms with Crippen LogP contribution in [0, 0.1) is 21.7 Å². The van der Waals surface area contributed by atoms with Crippen molar-refractivity contribution < 1.29 is 13.7 Å². The maximum absolute atomic E-state index is 13.4. The van der Waals surface area contributed by atoms with Crippen molar-refractivity contribution in [3.8, 4) is 0 Å². The lowest BCUT2D eigenvalue weighted by Gasteiger charge is -2.05. The maximum Gasteiger partial charge on any atom is 0.330 e. The number of benzene rings is 1. The molecule has 0 aliphatic heterocycles. The molecule has 0 radical (unpaired) electrons. The summed E-state index contributed by atoms with van der Waals surface area (Å²) in [6.45, 7) is -0.105. The number of hydrogen-bond donors (Lipinski definition) is 1. The first-order valence-electron chi connectivity index (χ1n) is 4.88. The molecule has 94 valence electrons. The van der Waals surface area contributed by atoms with E-state index in [9.17, 15) is 18.9 Å². The van der Waals surface area contributed by atoms with Crippen LogP contribution in [0.3, 0.4) is 0 Å². The van der Waals surface area contributed by atoms with Crippen molar-refractivity contribution in [3.63, 3.8) is 0 Å². The summed E-state index contributed by atoms with van der Waals surface area (Å²) in [5, 5.41) is 14.2. The third kappa shape index (κ3) is 2.12. The van der Waals surface area contributed by atoms with E-state index in [0.717, 1.165) is 23.0 Å². The molecule has 0 spiro atoms. The lowest BCUT2D eigenvalue weighted by molar-refractivity contribution is -0.384. The zero-order valence-corrected chi connectivity index (χ0v) is 9.01. The van der Waals surface area contributed by atoms with Crippen molar-refractivity contribution in [1.82, 2.24) is 9.78 Å². The summed E-state index contributed by atoms with van der Waals surface area (Å²) in [7, 11) is 0. The summed E-state index contributed by atoms with van der Waals surface area (Å²) < 4.78 is 27.2. The van der Waals surface area contributed by atoms with Crippen molar-refractivity contribution in [3.05, 3.63) is 51.7 Å². The molecule has 0 amide bonds. The molecule has 18 heavy (non-hydrogen) atoms. The molecule has 2 N–H and O–H groups in total. The SMILES string of the molecule is Nc1c([N+](=O)[O-])cnn1Cc1ccc(F)cc1F. The summed E-state index contributed by atoms with van der Waals surface area (Å²) in [6, 6.07) is 3.05. The Morgan fingerprint density at radius 1 is 1.44 bits per heavy atom. The first kappa shape index (κ1) is 12.0. The molecule has 0 bridgehead atoms. The Morgan fingerprint density at radius 3 is 2.72 bits per heavy atom. The van der Waals surface area contributed by atoms with E-state index in [2.05, 4.69) is 5.10 Å². The minimum atomic E-state index is -0.757. The largest absolute Gasteiger partial charge is 0.378 e. The molecule has 8 heteroatoms. The van der Waals surface area contributed by atoms with Gasteiger partial charge in [-0.25, -0.2) is 13.5 Å². The van der Waals surface area contributed by atoms with E-state index < -0.39 is 16.6 Å². The van der Waals surface area contributed by atoms with Crippen molar-refractivity contribution in [1.29, 1.82) is 0 Å². The highest BCUT2D eigenvalue weighted by atomic mass is 19.1. The number of nitrogens with two attached hydrogens (primary N) is 1. The number of hydrogen-bond acceptors (Lipinski definition) is 4. The molecule has 0 saturated carbocycles. The molecule has 1 heterocycles. The Kier molecular flexibility index (Phi) is 2.92. The Hall–Kier alpha value is -2.51. The summed E-state index contributed by atoms with van der Waals surface area (Å²) in [5.41, 5.74) is 5.28. The Balaban J connectivity index is 2.32. The molecular formula is C10H8F2N4O2. The quantitative estimate of drug-likeness (QED) is 0.667.